The van der Waals surface area contributed by atoms with Crippen LogP contribution in [0.1, 0.15) is 11.1 Å². The molecule has 0 saturated carbocycles. The first-order chi connectivity index (χ1) is 15.4. The number of anilines is 1. The molecule has 3 aromatic carbocycles. The van der Waals surface area contributed by atoms with Gasteiger partial charge in [0, 0.05) is 8.59 Å². The molecule has 162 valence electrons. The molecule has 1 aliphatic rings. The number of carbonyl (C=O) groups excluding carboxylic acids is 1. The topological polar surface area (TPSA) is 38.8 Å². The SMILES string of the molecule is COc1cc(/C=C2/SC(=S)N(c3cccc(Cl)c3)C2=O)ccc1OCc1ccc(I)cc1. The highest BCUT2D eigenvalue weighted by Crippen LogP contribution is 2.38. The number of nitrogens with zero attached hydrogens (tertiary/aromatic N) is 1. The van der Waals surface area contributed by atoms with Gasteiger partial charge >= 0.3 is 0 Å². The van der Waals surface area contributed by atoms with Crippen molar-refractivity contribution in [2.45, 2.75) is 6.61 Å². The van der Waals surface area contributed by atoms with E-state index in [0.29, 0.717) is 38.0 Å². The monoisotopic (exact) mass is 593 g/mol. The maximum Gasteiger partial charge on any atom is 0.270 e. The molecular formula is C24H17ClINO3S2. The van der Waals surface area contributed by atoms with Crippen molar-refractivity contribution in [3.8, 4) is 11.5 Å². The van der Waals surface area contributed by atoms with Gasteiger partial charge in [0.05, 0.1) is 17.7 Å². The third-order valence-electron chi connectivity index (χ3n) is 4.65. The van der Waals surface area contributed by atoms with Gasteiger partial charge in [-0.15, -0.1) is 0 Å². The highest BCUT2D eigenvalue weighted by molar-refractivity contribution is 14.1. The average Bonchev–Trinajstić information content (AvgIpc) is 3.06. The predicted octanol–water partition coefficient (Wildman–Crippen LogP) is 6.94. The number of halogens is 2. The smallest absolute Gasteiger partial charge is 0.270 e. The first-order valence-corrected chi connectivity index (χ1v) is 12.2. The summed E-state index contributed by atoms with van der Waals surface area (Å²) in [5.74, 6) is 1.05. The Balaban J connectivity index is 1.53. The quantitative estimate of drug-likeness (QED) is 0.176. The molecule has 0 aromatic heterocycles. The second-order valence-electron chi connectivity index (χ2n) is 6.82. The number of rotatable bonds is 6. The van der Waals surface area contributed by atoms with Crippen LogP contribution in [0.4, 0.5) is 5.69 Å². The molecule has 3 aromatic rings. The van der Waals surface area contributed by atoms with Crippen LogP contribution in [0.25, 0.3) is 6.08 Å². The van der Waals surface area contributed by atoms with Crippen LogP contribution in [-0.2, 0) is 11.4 Å². The Bertz CT molecular complexity index is 1210. The number of thioether (sulfide) groups is 1. The zero-order chi connectivity index (χ0) is 22.7. The number of amides is 1. The summed E-state index contributed by atoms with van der Waals surface area (Å²) in [7, 11) is 1.59. The van der Waals surface area contributed by atoms with Crippen LogP contribution in [0.15, 0.2) is 71.6 Å². The van der Waals surface area contributed by atoms with E-state index in [0.717, 1.165) is 11.1 Å². The van der Waals surface area contributed by atoms with Gasteiger partial charge in [0.1, 0.15) is 6.61 Å². The van der Waals surface area contributed by atoms with Crippen LogP contribution in [0, 0.1) is 3.57 Å². The number of hydrogen-bond donors (Lipinski definition) is 0. The molecule has 4 rings (SSSR count). The number of hydrogen-bond acceptors (Lipinski definition) is 5. The van der Waals surface area contributed by atoms with Gasteiger partial charge in [-0.1, -0.05) is 59.8 Å². The van der Waals surface area contributed by atoms with E-state index >= 15 is 0 Å². The van der Waals surface area contributed by atoms with Crippen molar-refractivity contribution < 1.29 is 14.3 Å². The summed E-state index contributed by atoms with van der Waals surface area (Å²) in [5.41, 5.74) is 2.54. The molecular weight excluding hydrogens is 577 g/mol. The fourth-order valence-electron chi connectivity index (χ4n) is 3.09. The highest BCUT2D eigenvalue weighted by atomic mass is 127. The first kappa shape index (κ1) is 23.1. The molecule has 1 saturated heterocycles. The van der Waals surface area contributed by atoms with E-state index in [1.165, 1.54) is 20.2 Å². The zero-order valence-corrected chi connectivity index (χ0v) is 21.4. The van der Waals surface area contributed by atoms with Gasteiger partial charge < -0.3 is 9.47 Å². The Kier molecular flexibility index (Phi) is 7.40. The summed E-state index contributed by atoms with van der Waals surface area (Å²) in [6.45, 7) is 0.435. The summed E-state index contributed by atoms with van der Waals surface area (Å²) in [4.78, 5) is 15.0. The number of methoxy groups -OCH3 is 1. The van der Waals surface area contributed by atoms with Crippen LogP contribution in [-0.4, -0.2) is 17.3 Å². The minimum atomic E-state index is -0.180. The van der Waals surface area contributed by atoms with Gasteiger partial charge in [-0.05, 0) is 82.3 Å². The summed E-state index contributed by atoms with van der Waals surface area (Å²) < 4.78 is 13.1. The molecule has 0 atom stereocenters. The van der Waals surface area contributed by atoms with E-state index in [-0.39, 0.29) is 5.91 Å². The third kappa shape index (κ3) is 5.28. The first-order valence-electron chi connectivity index (χ1n) is 9.53. The van der Waals surface area contributed by atoms with Gasteiger partial charge in [-0.3, -0.25) is 9.69 Å². The third-order valence-corrected chi connectivity index (χ3v) is 6.91. The molecule has 0 unspecified atom stereocenters. The Labute approximate surface area is 214 Å². The molecule has 0 N–H and O–H groups in total. The van der Waals surface area contributed by atoms with Crippen molar-refractivity contribution in [1.29, 1.82) is 0 Å². The minimum Gasteiger partial charge on any atom is -0.493 e. The highest BCUT2D eigenvalue weighted by Gasteiger charge is 2.33. The van der Waals surface area contributed by atoms with Crippen molar-refractivity contribution in [2.75, 3.05) is 12.0 Å². The lowest BCUT2D eigenvalue weighted by Crippen LogP contribution is -2.27. The number of benzene rings is 3. The molecule has 1 fully saturated rings. The Morgan fingerprint density at radius 1 is 1.09 bits per heavy atom. The van der Waals surface area contributed by atoms with Crippen LogP contribution >= 0.6 is 58.2 Å². The average molecular weight is 594 g/mol. The van der Waals surface area contributed by atoms with E-state index in [9.17, 15) is 4.79 Å². The van der Waals surface area contributed by atoms with Crippen LogP contribution < -0.4 is 14.4 Å². The van der Waals surface area contributed by atoms with E-state index < -0.39 is 0 Å². The Morgan fingerprint density at radius 3 is 2.59 bits per heavy atom. The molecule has 32 heavy (non-hydrogen) atoms. The van der Waals surface area contributed by atoms with E-state index in [2.05, 4.69) is 22.6 Å². The fraction of sp³-hybridized carbons (Fsp3) is 0.0833. The minimum absolute atomic E-state index is 0.180. The van der Waals surface area contributed by atoms with Crippen LogP contribution in [0.2, 0.25) is 5.02 Å². The van der Waals surface area contributed by atoms with Gasteiger partial charge in [0.2, 0.25) is 0 Å². The summed E-state index contributed by atoms with van der Waals surface area (Å²) in [6.07, 6.45) is 1.80. The summed E-state index contributed by atoms with van der Waals surface area (Å²) >= 11 is 15.0. The van der Waals surface area contributed by atoms with E-state index in [1.807, 2.05) is 48.5 Å². The Morgan fingerprint density at radius 2 is 1.88 bits per heavy atom. The molecule has 0 radical (unpaired) electrons. The molecule has 0 bridgehead atoms. The molecule has 1 heterocycles. The van der Waals surface area contributed by atoms with Crippen LogP contribution in [0.3, 0.4) is 0 Å². The molecule has 1 amide bonds. The molecule has 4 nitrogen and oxygen atoms in total. The lowest BCUT2D eigenvalue weighted by molar-refractivity contribution is -0.113. The normalized spacial score (nSPS) is 14.8. The van der Waals surface area contributed by atoms with Crippen molar-refractivity contribution in [3.63, 3.8) is 0 Å². The summed E-state index contributed by atoms with van der Waals surface area (Å²) in [5, 5.41) is 0.547. The van der Waals surface area contributed by atoms with Gasteiger partial charge in [0.15, 0.2) is 15.8 Å². The van der Waals surface area contributed by atoms with Crippen LogP contribution in [0.5, 0.6) is 11.5 Å². The van der Waals surface area contributed by atoms with Crippen molar-refractivity contribution in [3.05, 3.63) is 91.4 Å². The standard InChI is InChI=1S/C24H17ClINO3S2/c1-29-21-11-16(7-10-20(21)30-14-15-5-8-18(26)9-6-15)12-22-23(28)27(24(31)32-22)19-4-2-3-17(25)13-19/h2-13H,14H2,1H3/b22-12+. The van der Waals surface area contributed by atoms with Crippen molar-refractivity contribution in [2.24, 2.45) is 0 Å². The second-order valence-corrected chi connectivity index (χ2v) is 10.2. The summed E-state index contributed by atoms with van der Waals surface area (Å²) in [6, 6.07) is 20.8. The van der Waals surface area contributed by atoms with E-state index in [4.69, 9.17) is 33.3 Å². The molecule has 1 aliphatic heterocycles. The molecule has 8 heteroatoms. The maximum atomic E-state index is 13.0. The number of thiocarbonyl (C=S) groups is 1. The lowest BCUT2D eigenvalue weighted by Gasteiger charge is -2.14. The fourth-order valence-corrected chi connectivity index (χ4v) is 4.93. The van der Waals surface area contributed by atoms with Crippen molar-refractivity contribution in [1.82, 2.24) is 0 Å². The zero-order valence-electron chi connectivity index (χ0n) is 16.9. The number of carbonyl (C=O) groups is 1. The maximum absolute atomic E-state index is 13.0. The van der Waals surface area contributed by atoms with Gasteiger partial charge in [0.25, 0.3) is 5.91 Å². The van der Waals surface area contributed by atoms with Crippen molar-refractivity contribution >= 4 is 80.2 Å². The second kappa shape index (κ2) is 10.2. The number of ether oxygens (including phenoxy) is 2. The van der Waals surface area contributed by atoms with E-state index in [1.54, 1.807) is 31.4 Å². The Hall–Kier alpha value is -2.07. The lowest BCUT2D eigenvalue weighted by atomic mass is 10.1. The van der Waals surface area contributed by atoms with Gasteiger partial charge in [-0.2, -0.15) is 0 Å². The largest absolute Gasteiger partial charge is 0.493 e. The molecule has 0 spiro atoms. The predicted molar refractivity (Wildman–Crippen MR) is 144 cm³/mol. The van der Waals surface area contributed by atoms with Gasteiger partial charge in [-0.25, -0.2) is 0 Å². The molecule has 0 aliphatic carbocycles.